The summed E-state index contributed by atoms with van der Waals surface area (Å²) in [6, 6.07) is 34.8. The zero-order valence-electron chi connectivity index (χ0n) is 52.1. The van der Waals surface area contributed by atoms with E-state index in [2.05, 4.69) is 61.4 Å². The van der Waals surface area contributed by atoms with Crippen molar-refractivity contribution in [1.82, 2.24) is 27.0 Å². The smallest absolute Gasteiger partial charge is 0.338 e. The second kappa shape index (κ2) is 25.8. The lowest BCUT2D eigenvalue weighted by atomic mass is 9.96. The van der Waals surface area contributed by atoms with Gasteiger partial charge in [0.15, 0.2) is 11.6 Å². The Bertz CT molecular complexity index is 4660. The number of hydrogen-bond donors (Lipinski definition) is 0. The molecular weight excluding hydrogens is 1220 g/mol. The van der Waals surface area contributed by atoms with Crippen LogP contribution >= 0.6 is 0 Å². The van der Waals surface area contributed by atoms with Gasteiger partial charge in [-0.15, -0.1) is 0 Å². The van der Waals surface area contributed by atoms with Crippen LogP contribution in [-0.2, 0) is 52.5 Å². The van der Waals surface area contributed by atoms with Crippen LogP contribution in [0.15, 0.2) is 131 Å². The molecule has 20 nitrogen and oxygen atoms in total. The summed E-state index contributed by atoms with van der Waals surface area (Å²) in [5, 5.41) is 19.5. The van der Waals surface area contributed by atoms with E-state index >= 15 is 0 Å². The summed E-state index contributed by atoms with van der Waals surface area (Å²) < 4.78 is 82.7. The molecule has 0 bridgehead atoms. The molecule has 0 saturated heterocycles. The minimum Gasteiger partial charge on any atom is -0.465 e. The lowest BCUT2D eigenvalue weighted by Crippen LogP contribution is -2.22. The molecule has 24 heteroatoms. The van der Waals surface area contributed by atoms with Crippen LogP contribution in [0.2, 0.25) is 51.4 Å². The van der Waals surface area contributed by atoms with Crippen molar-refractivity contribution in [3.8, 4) is 12.1 Å². The van der Waals surface area contributed by atoms with Gasteiger partial charge in [0, 0.05) is 63.7 Å². The van der Waals surface area contributed by atoms with E-state index in [4.69, 9.17) is 18.9 Å². The van der Waals surface area contributed by atoms with E-state index < -0.39 is 59.7 Å². The number of nitrogens with zero attached hydrogens (tertiary/aromatic N) is 8. The molecule has 4 heterocycles. The van der Waals surface area contributed by atoms with Gasteiger partial charge in [-0.3, -0.25) is 18.7 Å². The Morgan fingerprint density at radius 2 is 0.911 bits per heavy atom. The Kier molecular flexibility index (Phi) is 18.7. The zero-order valence-corrected chi connectivity index (χ0v) is 55.7. The molecule has 0 aliphatic carbocycles. The average Bonchev–Trinajstić information content (AvgIpc) is 1.52. The van der Waals surface area contributed by atoms with Gasteiger partial charge in [-0.05, 0) is 136 Å². The molecule has 464 valence electrons. The number of ether oxygens (including phenoxy) is 4. The van der Waals surface area contributed by atoms with E-state index in [1.54, 1.807) is 83.6 Å². The Morgan fingerprint density at radius 3 is 1.32 bits per heavy atom. The van der Waals surface area contributed by atoms with Gasteiger partial charge in [0.2, 0.25) is 11.6 Å². The molecule has 90 heavy (non-hydrogen) atoms. The third-order valence-electron chi connectivity index (χ3n) is 15.3. The molecule has 0 aliphatic heterocycles. The monoisotopic (exact) mass is 1280 g/mol. The third-order valence-corrected chi connectivity index (χ3v) is 22.1. The fourth-order valence-electron chi connectivity index (χ4n) is 10.4. The summed E-state index contributed by atoms with van der Waals surface area (Å²) in [7, 11) is -8.46. The topological polar surface area (TPSA) is 267 Å². The minimum atomic E-state index is -4.05. The number of ketones is 2. The van der Waals surface area contributed by atoms with Crippen molar-refractivity contribution in [2.24, 2.45) is 0 Å². The fraction of sp³-hybridized carbons (Fsp3) is 0.273. The van der Waals surface area contributed by atoms with Crippen molar-refractivity contribution in [3.63, 3.8) is 0 Å². The first kappa shape index (κ1) is 65.3. The average molecular weight is 1290 g/mol. The van der Waals surface area contributed by atoms with Crippen molar-refractivity contribution in [1.29, 1.82) is 10.5 Å². The highest BCUT2D eigenvalue weighted by Crippen LogP contribution is 2.36. The highest BCUT2D eigenvalue weighted by Gasteiger charge is 2.33. The van der Waals surface area contributed by atoms with Gasteiger partial charge in [-0.25, -0.2) is 44.3 Å². The van der Waals surface area contributed by atoms with E-state index in [1.165, 1.54) is 75.1 Å². The van der Waals surface area contributed by atoms with Crippen LogP contribution in [0.5, 0.6) is 0 Å². The number of nitriles is 2. The van der Waals surface area contributed by atoms with Gasteiger partial charge in [0.25, 0.3) is 20.0 Å². The van der Waals surface area contributed by atoms with Crippen LogP contribution in [-0.4, -0.2) is 111 Å². The Hall–Kier alpha value is -9.15. The predicted octanol–water partition coefficient (Wildman–Crippen LogP) is 12.1. The Morgan fingerprint density at radius 1 is 0.511 bits per heavy atom. The van der Waals surface area contributed by atoms with Crippen molar-refractivity contribution >= 4 is 104 Å². The highest BCUT2D eigenvalue weighted by molar-refractivity contribution is 7.90. The number of esters is 2. The first-order chi connectivity index (χ1) is 42.5. The number of rotatable bonds is 20. The lowest BCUT2D eigenvalue weighted by Gasteiger charge is -2.17. The fourth-order valence-corrected chi connectivity index (χ4v) is 14.7. The molecule has 10 rings (SSSR count). The van der Waals surface area contributed by atoms with Crippen molar-refractivity contribution in [2.45, 2.75) is 102 Å². The van der Waals surface area contributed by atoms with Crippen molar-refractivity contribution in [2.75, 3.05) is 27.4 Å². The van der Waals surface area contributed by atoms with E-state index in [9.17, 15) is 46.5 Å². The van der Waals surface area contributed by atoms with E-state index in [-0.39, 0.29) is 79.0 Å². The summed E-state index contributed by atoms with van der Waals surface area (Å²) in [6.45, 7) is 21.5. The number of benzene rings is 6. The van der Waals surface area contributed by atoms with Crippen molar-refractivity contribution in [3.05, 3.63) is 189 Å². The molecule has 0 N–H and O–H groups in total. The van der Waals surface area contributed by atoms with E-state index in [0.717, 1.165) is 31.2 Å². The van der Waals surface area contributed by atoms with Crippen LogP contribution < -0.4 is 0 Å². The quantitative estimate of drug-likeness (QED) is 0.0297. The number of methoxy groups -OCH3 is 2. The van der Waals surface area contributed by atoms with Crippen molar-refractivity contribution < 1.29 is 55.0 Å². The summed E-state index contributed by atoms with van der Waals surface area (Å²) in [4.78, 5) is 64.7. The second-order valence-electron chi connectivity index (χ2n) is 24.3. The number of aromatic nitrogens is 6. The molecular formula is C66H68N8O12S2Si2. The molecule has 0 fully saturated rings. The maximum atomic E-state index is 14.6. The largest absolute Gasteiger partial charge is 0.465 e. The van der Waals surface area contributed by atoms with E-state index in [0.29, 0.717) is 57.5 Å². The lowest BCUT2D eigenvalue weighted by molar-refractivity contribution is 0.0589. The van der Waals surface area contributed by atoms with Gasteiger partial charge >= 0.3 is 11.9 Å². The van der Waals surface area contributed by atoms with Crippen LogP contribution in [0, 0.1) is 50.4 Å². The predicted molar refractivity (Wildman–Crippen MR) is 348 cm³/mol. The van der Waals surface area contributed by atoms with Crippen LogP contribution in [0.3, 0.4) is 0 Å². The molecule has 0 unspecified atom stereocenters. The third kappa shape index (κ3) is 13.1. The molecule has 10 aromatic rings. The Labute approximate surface area is 523 Å². The van der Waals surface area contributed by atoms with Crippen LogP contribution in [0.4, 0.5) is 0 Å². The van der Waals surface area contributed by atoms with E-state index in [1.807, 2.05) is 13.8 Å². The summed E-state index contributed by atoms with van der Waals surface area (Å²) in [5.74, 6) is -2.77. The molecule has 0 amide bonds. The van der Waals surface area contributed by atoms with Crippen LogP contribution in [0.25, 0.3) is 43.9 Å². The summed E-state index contributed by atoms with van der Waals surface area (Å²) in [6.07, 6.45) is 2.76. The van der Waals surface area contributed by atoms with Crippen LogP contribution in [0.1, 0.15) is 86.5 Å². The van der Waals surface area contributed by atoms with Gasteiger partial charge in [0.1, 0.15) is 13.5 Å². The highest BCUT2D eigenvalue weighted by atomic mass is 32.2. The number of imidazole rings is 2. The molecule has 0 saturated carbocycles. The SMILES string of the molecule is COC(=O)c1cc(C)c2c(ccn2S(=O)(=O)c2ccc(C)cc2)c1C(=O)c1nc2cc(C#N)ccc2n1COCC[Si](C)(C)C.COC(=O)c1cc(C)c2c(ccn2S(=O)(=O)c2ccc(C)cc2)c1C(=O)c1nc2ccc(C#N)cc2n1COCC[Si](C)(C)C. The minimum absolute atomic E-state index is 0.0116. The van der Waals surface area contributed by atoms with Gasteiger partial charge in [-0.1, -0.05) is 74.7 Å². The molecule has 6 aromatic carbocycles. The van der Waals surface area contributed by atoms with Gasteiger partial charge in [-0.2, -0.15) is 10.5 Å². The summed E-state index contributed by atoms with van der Waals surface area (Å²) >= 11 is 0. The Balaban J connectivity index is 0.000000213. The maximum absolute atomic E-state index is 14.6. The maximum Gasteiger partial charge on any atom is 0.338 e. The molecule has 0 radical (unpaired) electrons. The number of hydrogen-bond acceptors (Lipinski definition) is 16. The number of carbonyl (C=O) groups excluding carboxylic acids is 4. The first-order valence-corrected chi connectivity index (χ1v) is 39.0. The zero-order chi connectivity index (χ0) is 65.4. The van der Waals surface area contributed by atoms with Gasteiger partial charge < -0.3 is 18.9 Å². The number of fused-ring (bicyclic) bond motifs is 4. The second-order valence-corrected chi connectivity index (χ2v) is 39.2. The molecule has 0 atom stereocenters. The molecule has 0 aliphatic rings. The normalized spacial score (nSPS) is 12.0. The summed E-state index contributed by atoms with van der Waals surface area (Å²) in [5.41, 5.74) is 5.87. The first-order valence-electron chi connectivity index (χ1n) is 28.7. The van der Waals surface area contributed by atoms with Gasteiger partial charge in [0.05, 0.1) is 91.5 Å². The standard InChI is InChI=1S/2C33H34N4O6SSi/c1-21-7-10-24(11-8-21)44(40,41)37-14-13-25-29(26(33(39)42-3)17-22(2)30(25)37)31(38)32-35-27-18-23(19-34)9-12-28(27)36(32)20-43-15-16-45(4,5)6;1-21-7-10-24(11-8-21)44(40,41)37-14-13-25-29(26(33(39)42-3)17-22(2)30(25)37)31(38)32-35-27-12-9-23(19-34)18-28(27)36(32)20-43-15-16-45(4,5)6/h2*7-14,17-18H,15-16,20H2,1-6H3. The molecule has 4 aromatic heterocycles. The molecule has 0 spiro atoms. The number of carbonyl (C=O) groups is 4. The number of aryl methyl sites for hydroxylation is 4.